The van der Waals surface area contributed by atoms with Crippen LogP contribution in [-0.4, -0.2) is 0 Å². The van der Waals surface area contributed by atoms with E-state index in [2.05, 4.69) is 25.1 Å². The Labute approximate surface area is 116 Å². The van der Waals surface area contributed by atoms with E-state index in [1.165, 1.54) is 44.1 Å². The van der Waals surface area contributed by atoms with Crippen LogP contribution in [0.3, 0.4) is 0 Å². The minimum absolute atomic E-state index is 0.730. The van der Waals surface area contributed by atoms with E-state index in [1.807, 2.05) is 12.1 Å². The molecule has 1 aromatic rings. The minimum atomic E-state index is 0.730. The molecule has 3 rings (SSSR count). The monoisotopic (exact) mass is 253 g/mol. The molecule has 2 aliphatic rings. The van der Waals surface area contributed by atoms with Gasteiger partial charge in [-0.15, -0.1) is 0 Å². The van der Waals surface area contributed by atoms with Crippen molar-refractivity contribution in [3.05, 3.63) is 35.4 Å². The second kappa shape index (κ2) is 5.37. The standard InChI is InChI=1S/C18H23N/c1-13-10-17-8-6-16(7-9-18(17)11-13)15-4-2-14(12-19)3-5-15/h2-5,13,16-18H,6-11H2,1H3. The summed E-state index contributed by atoms with van der Waals surface area (Å²) in [5.74, 6) is 3.69. The first-order valence-corrected chi connectivity index (χ1v) is 7.76. The maximum Gasteiger partial charge on any atom is 0.0991 e. The van der Waals surface area contributed by atoms with E-state index in [9.17, 15) is 0 Å². The molecular weight excluding hydrogens is 230 g/mol. The minimum Gasteiger partial charge on any atom is -0.192 e. The Bertz CT molecular complexity index is 451. The smallest absolute Gasteiger partial charge is 0.0991 e. The third-order valence-electron chi connectivity index (χ3n) is 5.36. The van der Waals surface area contributed by atoms with Crippen LogP contribution in [0.15, 0.2) is 24.3 Å². The molecule has 1 heteroatoms. The largest absolute Gasteiger partial charge is 0.192 e. The van der Waals surface area contributed by atoms with E-state index in [1.54, 1.807) is 0 Å². The molecule has 2 unspecified atom stereocenters. The Morgan fingerprint density at radius 3 is 2.05 bits per heavy atom. The van der Waals surface area contributed by atoms with E-state index in [0.29, 0.717) is 0 Å². The maximum absolute atomic E-state index is 8.87. The summed E-state index contributed by atoms with van der Waals surface area (Å²) in [5, 5.41) is 8.87. The predicted octanol–water partition coefficient (Wildman–Crippen LogP) is 4.88. The molecule has 0 N–H and O–H groups in total. The van der Waals surface area contributed by atoms with Crippen molar-refractivity contribution in [1.29, 1.82) is 5.26 Å². The van der Waals surface area contributed by atoms with Crippen LogP contribution in [0.4, 0.5) is 0 Å². The summed E-state index contributed by atoms with van der Waals surface area (Å²) in [6.45, 7) is 2.42. The van der Waals surface area contributed by atoms with Crippen LogP contribution in [-0.2, 0) is 0 Å². The van der Waals surface area contributed by atoms with Crippen molar-refractivity contribution in [1.82, 2.24) is 0 Å². The first-order chi connectivity index (χ1) is 9.26. The quantitative estimate of drug-likeness (QED) is 0.700. The van der Waals surface area contributed by atoms with Gasteiger partial charge in [0, 0.05) is 0 Å². The second-order valence-electron chi connectivity index (χ2n) is 6.68. The number of hydrogen-bond donors (Lipinski definition) is 0. The van der Waals surface area contributed by atoms with Crippen molar-refractivity contribution in [2.75, 3.05) is 0 Å². The number of rotatable bonds is 1. The lowest BCUT2D eigenvalue weighted by atomic mass is 9.90. The number of benzene rings is 1. The van der Waals surface area contributed by atoms with Crippen LogP contribution in [0.25, 0.3) is 0 Å². The zero-order valence-electron chi connectivity index (χ0n) is 11.8. The molecule has 2 saturated carbocycles. The molecule has 1 nitrogen and oxygen atoms in total. The van der Waals surface area contributed by atoms with Crippen LogP contribution < -0.4 is 0 Å². The fourth-order valence-electron chi connectivity index (χ4n) is 4.36. The van der Waals surface area contributed by atoms with Gasteiger partial charge in [0.25, 0.3) is 0 Å². The van der Waals surface area contributed by atoms with Gasteiger partial charge in [-0.2, -0.15) is 5.26 Å². The van der Waals surface area contributed by atoms with Crippen LogP contribution in [0.5, 0.6) is 0 Å². The van der Waals surface area contributed by atoms with Gasteiger partial charge in [-0.05, 0) is 79.9 Å². The molecule has 0 bridgehead atoms. The molecule has 0 radical (unpaired) electrons. The number of hydrogen-bond acceptors (Lipinski definition) is 1. The predicted molar refractivity (Wildman–Crippen MR) is 77.7 cm³/mol. The highest BCUT2D eigenvalue weighted by Crippen LogP contribution is 2.46. The number of nitrogens with zero attached hydrogens (tertiary/aromatic N) is 1. The molecule has 2 fully saturated rings. The van der Waals surface area contributed by atoms with Gasteiger partial charge in [0.05, 0.1) is 11.6 Å². The maximum atomic E-state index is 8.87. The molecule has 2 aliphatic carbocycles. The lowest BCUT2D eigenvalue weighted by molar-refractivity contribution is 0.367. The van der Waals surface area contributed by atoms with Crippen molar-refractivity contribution in [3.63, 3.8) is 0 Å². The number of fused-ring (bicyclic) bond motifs is 1. The molecular formula is C18H23N. The van der Waals surface area contributed by atoms with Crippen LogP contribution in [0.1, 0.15) is 62.5 Å². The van der Waals surface area contributed by atoms with Gasteiger partial charge in [0.15, 0.2) is 0 Å². The fourth-order valence-corrected chi connectivity index (χ4v) is 4.36. The van der Waals surface area contributed by atoms with Crippen molar-refractivity contribution in [2.45, 2.75) is 51.4 Å². The van der Waals surface area contributed by atoms with Crippen molar-refractivity contribution >= 4 is 0 Å². The Hall–Kier alpha value is -1.29. The van der Waals surface area contributed by atoms with Gasteiger partial charge in [-0.25, -0.2) is 0 Å². The van der Waals surface area contributed by atoms with Crippen molar-refractivity contribution < 1.29 is 0 Å². The molecule has 2 atom stereocenters. The molecule has 0 amide bonds. The molecule has 0 aromatic heterocycles. The Morgan fingerprint density at radius 2 is 1.53 bits per heavy atom. The average Bonchev–Trinajstić information content (AvgIpc) is 2.68. The van der Waals surface area contributed by atoms with Gasteiger partial charge >= 0.3 is 0 Å². The second-order valence-corrected chi connectivity index (χ2v) is 6.68. The normalized spacial score (nSPS) is 34.3. The highest BCUT2D eigenvalue weighted by molar-refractivity contribution is 5.33. The third kappa shape index (κ3) is 2.68. The molecule has 0 heterocycles. The average molecular weight is 253 g/mol. The number of nitriles is 1. The highest BCUT2D eigenvalue weighted by Gasteiger charge is 2.34. The Morgan fingerprint density at radius 1 is 0.947 bits per heavy atom. The van der Waals surface area contributed by atoms with Crippen molar-refractivity contribution in [3.8, 4) is 6.07 Å². The summed E-state index contributed by atoms with van der Waals surface area (Å²) < 4.78 is 0. The van der Waals surface area contributed by atoms with Gasteiger partial charge in [-0.3, -0.25) is 0 Å². The Balaban J connectivity index is 1.68. The summed E-state index contributed by atoms with van der Waals surface area (Å²) in [6, 6.07) is 10.5. The first-order valence-electron chi connectivity index (χ1n) is 7.76. The van der Waals surface area contributed by atoms with Gasteiger partial charge in [0.2, 0.25) is 0 Å². The summed E-state index contributed by atoms with van der Waals surface area (Å²) >= 11 is 0. The zero-order valence-corrected chi connectivity index (χ0v) is 11.8. The zero-order chi connectivity index (χ0) is 13.2. The van der Waals surface area contributed by atoms with E-state index < -0.39 is 0 Å². The molecule has 0 aliphatic heterocycles. The molecule has 100 valence electrons. The van der Waals surface area contributed by atoms with E-state index in [4.69, 9.17) is 5.26 Å². The topological polar surface area (TPSA) is 23.8 Å². The van der Waals surface area contributed by atoms with Gasteiger partial charge < -0.3 is 0 Å². The van der Waals surface area contributed by atoms with E-state index in [-0.39, 0.29) is 0 Å². The highest BCUT2D eigenvalue weighted by atomic mass is 14.4. The summed E-state index contributed by atoms with van der Waals surface area (Å²) in [4.78, 5) is 0. The van der Waals surface area contributed by atoms with Gasteiger partial charge in [-0.1, -0.05) is 19.1 Å². The van der Waals surface area contributed by atoms with Crippen LogP contribution in [0, 0.1) is 29.1 Å². The lowest BCUT2D eigenvalue weighted by Crippen LogP contribution is -2.04. The molecule has 0 spiro atoms. The van der Waals surface area contributed by atoms with Crippen molar-refractivity contribution in [2.24, 2.45) is 17.8 Å². The van der Waals surface area contributed by atoms with Gasteiger partial charge in [0.1, 0.15) is 0 Å². The van der Waals surface area contributed by atoms with Crippen LogP contribution in [0.2, 0.25) is 0 Å². The lowest BCUT2D eigenvalue weighted by Gasteiger charge is -2.15. The molecule has 0 saturated heterocycles. The van der Waals surface area contributed by atoms with Crippen LogP contribution >= 0.6 is 0 Å². The van der Waals surface area contributed by atoms with E-state index >= 15 is 0 Å². The summed E-state index contributed by atoms with van der Waals surface area (Å²) in [5.41, 5.74) is 2.23. The first kappa shape index (κ1) is 12.7. The Kier molecular flexibility index (Phi) is 3.60. The molecule has 19 heavy (non-hydrogen) atoms. The summed E-state index contributed by atoms with van der Waals surface area (Å²) in [6.07, 6.45) is 8.45. The molecule has 1 aromatic carbocycles. The third-order valence-corrected chi connectivity index (χ3v) is 5.36. The fraction of sp³-hybridized carbons (Fsp3) is 0.611. The SMILES string of the molecule is CC1CC2CCC(c3ccc(C#N)cc3)CCC2C1. The van der Waals surface area contributed by atoms with E-state index in [0.717, 1.165) is 29.2 Å². The summed E-state index contributed by atoms with van der Waals surface area (Å²) in [7, 11) is 0.